The predicted molar refractivity (Wildman–Crippen MR) is 124 cm³/mol. The third-order valence-corrected chi connectivity index (χ3v) is 5.05. The van der Waals surface area contributed by atoms with E-state index in [4.69, 9.17) is 15.5 Å². The van der Waals surface area contributed by atoms with Gasteiger partial charge in [-0.15, -0.1) is 5.10 Å². The summed E-state index contributed by atoms with van der Waals surface area (Å²) in [6.07, 6.45) is -3.01. The van der Waals surface area contributed by atoms with E-state index in [-0.39, 0.29) is 24.3 Å². The Morgan fingerprint density at radius 2 is 1.84 bits per heavy atom. The fourth-order valence-corrected chi connectivity index (χ4v) is 3.37. The van der Waals surface area contributed by atoms with Crippen molar-refractivity contribution in [2.75, 3.05) is 19.4 Å². The number of pyridine rings is 1. The number of alkyl halides is 3. The van der Waals surface area contributed by atoms with Crippen LogP contribution in [0.25, 0.3) is 10.9 Å². The Morgan fingerprint density at radius 1 is 1.19 bits per heavy atom. The van der Waals surface area contributed by atoms with Crippen molar-refractivity contribution in [2.45, 2.75) is 64.0 Å². The number of nitrogen functional groups attached to an aromatic ring is 1. The molecule has 0 radical (unpaired) electrons. The molecule has 1 aromatic heterocycles. The molecule has 9 heteroatoms. The van der Waals surface area contributed by atoms with E-state index in [9.17, 15) is 13.2 Å². The normalized spacial score (nSPS) is 14.7. The number of ether oxygens (including phenoxy) is 1. The summed E-state index contributed by atoms with van der Waals surface area (Å²) in [5.74, 6) is 0.570. The van der Waals surface area contributed by atoms with Crippen LogP contribution in [0.1, 0.15) is 69.2 Å². The Kier molecular flexibility index (Phi) is 8.23. The predicted octanol–water partition coefficient (Wildman–Crippen LogP) is 5.29. The molecule has 1 aromatic carbocycles. The van der Waals surface area contributed by atoms with Crippen LogP contribution in [0.5, 0.6) is 0 Å². The Morgan fingerprint density at radius 3 is 2.38 bits per heavy atom. The molecule has 2 aromatic rings. The van der Waals surface area contributed by atoms with E-state index in [1.165, 1.54) is 25.5 Å². The maximum atomic E-state index is 12.4. The highest BCUT2D eigenvalue weighted by atomic mass is 19.4. The lowest BCUT2D eigenvalue weighted by atomic mass is 9.83. The van der Waals surface area contributed by atoms with Gasteiger partial charge in [0.05, 0.1) is 12.1 Å². The monoisotopic (exact) mass is 451 g/mol. The van der Waals surface area contributed by atoms with Crippen LogP contribution in [0.15, 0.2) is 28.4 Å². The summed E-state index contributed by atoms with van der Waals surface area (Å²) in [6, 6.07) is 5.89. The van der Waals surface area contributed by atoms with Crippen LogP contribution in [0.4, 0.5) is 18.9 Å². The van der Waals surface area contributed by atoms with E-state index in [1.54, 1.807) is 6.07 Å². The summed E-state index contributed by atoms with van der Waals surface area (Å²) in [6.45, 7) is 9.47. The van der Waals surface area contributed by atoms with Crippen LogP contribution < -0.4 is 11.5 Å². The minimum Gasteiger partial charge on any atom is -0.475 e. The molecule has 4 N–H and O–H groups in total. The van der Waals surface area contributed by atoms with Gasteiger partial charge < -0.3 is 16.2 Å². The van der Waals surface area contributed by atoms with Crippen LogP contribution >= 0.6 is 0 Å². The summed E-state index contributed by atoms with van der Waals surface area (Å²) < 4.78 is 42.6. The van der Waals surface area contributed by atoms with Crippen molar-refractivity contribution in [3.05, 3.63) is 35.0 Å². The summed E-state index contributed by atoms with van der Waals surface area (Å²) in [5.41, 5.74) is 14.6. The molecule has 1 aliphatic carbocycles. The van der Waals surface area contributed by atoms with E-state index in [1.807, 2.05) is 0 Å². The average molecular weight is 452 g/mol. The molecule has 1 saturated carbocycles. The molecule has 176 valence electrons. The van der Waals surface area contributed by atoms with Gasteiger partial charge in [0.1, 0.15) is 5.69 Å². The first-order valence-corrected chi connectivity index (χ1v) is 10.6. The molecular formula is C23H32F3N5O. The SMILES string of the molecule is C=N/N=C(\OCCCC(F)(F)F)c1cc(N)c2cc(C3CC3)cc(C(C)(C)C)c2n1.CN. The number of benzene rings is 1. The second-order valence-corrected chi connectivity index (χ2v) is 8.70. The quantitative estimate of drug-likeness (QED) is 0.270. The number of nitrogens with two attached hydrogens (primary N) is 2. The topological polar surface area (TPSA) is 98.9 Å². The third-order valence-electron chi connectivity index (χ3n) is 5.05. The molecule has 1 fully saturated rings. The molecule has 1 heterocycles. The van der Waals surface area contributed by atoms with E-state index in [2.05, 4.69) is 55.6 Å². The summed E-state index contributed by atoms with van der Waals surface area (Å²) in [4.78, 5) is 4.72. The van der Waals surface area contributed by atoms with Gasteiger partial charge in [-0.05, 0) is 60.9 Å². The zero-order valence-corrected chi connectivity index (χ0v) is 19.1. The molecule has 6 nitrogen and oxygen atoms in total. The minimum absolute atomic E-state index is 0.00639. The number of hydrogen-bond donors (Lipinski definition) is 2. The number of nitrogens with zero attached hydrogens (tertiary/aromatic N) is 3. The summed E-state index contributed by atoms with van der Waals surface area (Å²) in [5, 5.41) is 8.17. The van der Waals surface area contributed by atoms with Gasteiger partial charge in [-0.3, -0.25) is 0 Å². The molecule has 0 aliphatic heterocycles. The van der Waals surface area contributed by atoms with Crippen molar-refractivity contribution in [1.82, 2.24) is 4.98 Å². The second-order valence-electron chi connectivity index (χ2n) is 8.70. The molecule has 0 saturated heterocycles. The number of anilines is 1. The van der Waals surface area contributed by atoms with Crippen molar-refractivity contribution < 1.29 is 17.9 Å². The zero-order valence-electron chi connectivity index (χ0n) is 19.1. The molecule has 3 rings (SSSR count). The molecule has 0 unspecified atom stereocenters. The first kappa shape index (κ1) is 25.6. The van der Waals surface area contributed by atoms with Gasteiger partial charge in [0, 0.05) is 24.2 Å². The van der Waals surface area contributed by atoms with Crippen molar-refractivity contribution in [3.8, 4) is 0 Å². The molecule has 0 amide bonds. The number of aromatic nitrogens is 1. The van der Waals surface area contributed by atoms with Gasteiger partial charge in [0.15, 0.2) is 0 Å². The molecule has 0 atom stereocenters. The van der Waals surface area contributed by atoms with Gasteiger partial charge in [0.25, 0.3) is 5.90 Å². The average Bonchev–Trinajstić information content (AvgIpc) is 3.55. The lowest BCUT2D eigenvalue weighted by Gasteiger charge is -2.23. The van der Waals surface area contributed by atoms with Crippen LogP contribution in [-0.4, -0.2) is 37.4 Å². The molecule has 0 spiro atoms. The van der Waals surface area contributed by atoms with Crippen molar-refractivity contribution in [3.63, 3.8) is 0 Å². The van der Waals surface area contributed by atoms with E-state index in [0.29, 0.717) is 17.3 Å². The lowest BCUT2D eigenvalue weighted by Crippen LogP contribution is -2.16. The van der Waals surface area contributed by atoms with Crippen molar-refractivity contribution in [1.29, 1.82) is 0 Å². The first-order valence-electron chi connectivity index (χ1n) is 10.6. The lowest BCUT2D eigenvalue weighted by molar-refractivity contribution is -0.136. The van der Waals surface area contributed by atoms with Crippen LogP contribution in [0.2, 0.25) is 0 Å². The van der Waals surface area contributed by atoms with E-state index in [0.717, 1.165) is 16.5 Å². The van der Waals surface area contributed by atoms with Gasteiger partial charge in [0.2, 0.25) is 0 Å². The fourth-order valence-electron chi connectivity index (χ4n) is 3.37. The van der Waals surface area contributed by atoms with Gasteiger partial charge in [-0.1, -0.05) is 26.8 Å². The van der Waals surface area contributed by atoms with Crippen LogP contribution in [-0.2, 0) is 10.2 Å². The molecule has 32 heavy (non-hydrogen) atoms. The number of fused-ring (bicyclic) bond motifs is 1. The second kappa shape index (κ2) is 10.3. The Bertz CT molecular complexity index is 976. The molecular weight excluding hydrogens is 419 g/mol. The molecule has 0 bridgehead atoms. The first-order chi connectivity index (χ1) is 15.0. The number of hydrogen-bond acceptors (Lipinski definition) is 6. The Hall–Kier alpha value is -2.68. The number of rotatable bonds is 6. The van der Waals surface area contributed by atoms with Gasteiger partial charge >= 0.3 is 6.18 Å². The van der Waals surface area contributed by atoms with E-state index < -0.39 is 12.6 Å². The highest BCUT2D eigenvalue weighted by Gasteiger charge is 2.29. The maximum absolute atomic E-state index is 12.4. The number of halogens is 3. The Labute approximate surface area is 186 Å². The highest BCUT2D eigenvalue weighted by molar-refractivity contribution is 6.00. The van der Waals surface area contributed by atoms with Crippen molar-refractivity contribution in [2.24, 2.45) is 15.9 Å². The fraction of sp³-hybridized carbons (Fsp3) is 0.522. The maximum Gasteiger partial charge on any atom is 0.389 e. The Balaban J connectivity index is 0.00000176. The zero-order chi connectivity index (χ0) is 24.1. The summed E-state index contributed by atoms with van der Waals surface area (Å²) >= 11 is 0. The smallest absolute Gasteiger partial charge is 0.389 e. The third kappa shape index (κ3) is 6.66. The summed E-state index contributed by atoms with van der Waals surface area (Å²) in [7, 11) is 1.50. The van der Waals surface area contributed by atoms with Crippen molar-refractivity contribution >= 4 is 29.2 Å². The van der Waals surface area contributed by atoms with Gasteiger partial charge in [-0.2, -0.15) is 18.3 Å². The minimum atomic E-state index is -4.23. The van der Waals surface area contributed by atoms with Gasteiger partial charge in [-0.25, -0.2) is 4.98 Å². The van der Waals surface area contributed by atoms with E-state index >= 15 is 0 Å². The molecule has 1 aliphatic rings. The van der Waals surface area contributed by atoms with Crippen LogP contribution in [0.3, 0.4) is 0 Å². The highest BCUT2D eigenvalue weighted by Crippen LogP contribution is 2.44. The van der Waals surface area contributed by atoms with Crippen LogP contribution in [0, 0.1) is 0 Å². The standard InChI is InChI=1S/C22H27F3N4O.CH5N/c1-21(2,3)16-11-14(13-6-7-13)10-15-17(26)12-18(28-19(15)16)20(29-27-4)30-9-5-8-22(23,24)25;1-2/h10-13H,4-9H2,1-3H3,(H2,26,28);2H2,1H3/b29-20-;. The largest absolute Gasteiger partial charge is 0.475 e.